The Morgan fingerprint density at radius 3 is 2.68 bits per heavy atom. The smallest absolute Gasteiger partial charge is 0.279 e. The molecule has 0 radical (unpaired) electrons. The lowest BCUT2D eigenvalue weighted by atomic mass is 9.86. The first-order valence-electron chi connectivity index (χ1n) is 7.67. The van der Waals surface area contributed by atoms with Crippen molar-refractivity contribution in [3.05, 3.63) is 39.7 Å². The Labute approximate surface area is 149 Å². The van der Waals surface area contributed by atoms with E-state index in [2.05, 4.69) is 10.3 Å². The molecule has 1 aromatic carbocycles. The van der Waals surface area contributed by atoms with Gasteiger partial charge in [0.05, 0.1) is 19.8 Å². The molecular formula is C17H19N3O4S. The van der Waals surface area contributed by atoms with Crippen LogP contribution >= 0.6 is 11.8 Å². The van der Waals surface area contributed by atoms with Gasteiger partial charge in [-0.15, -0.1) is 0 Å². The Kier molecular flexibility index (Phi) is 4.71. The molecule has 8 heteroatoms. The Morgan fingerprint density at radius 1 is 1.28 bits per heavy atom. The Hall–Kier alpha value is -2.48. The van der Waals surface area contributed by atoms with Crippen LogP contribution in [0.15, 0.2) is 28.2 Å². The summed E-state index contributed by atoms with van der Waals surface area (Å²) in [6.07, 6.45) is 1.98. The number of hydrogen-bond donors (Lipinski definition) is 1. The van der Waals surface area contributed by atoms with Crippen molar-refractivity contribution in [2.45, 2.75) is 17.5 Å². The number of ether oxygens (including phenoxy) is 2. The lowest BCUT2D eigenvalue weighted by Gasteiger charge is -2.28. The van der Waals surface area contributed by atoms with Gasteiger partial charge >= 0.3 is 0 Å². The van der Waals surface area contributed by atoms with Crippen LogP contribution in [0.4, 0.5) is 5.82 Å². The van der Waals surface area contributed by atoms with Gasteiger partial charge in [-0.1, -0.05) is 23.9 Å². The Balaban J connectivity index is 2.27. The molecule has 25 heavy (non-hydrogen) atoms. The van der Waals surface area contributed by atoms with Gasteiger partial charge in [0.1, 0.15) is 5.82 Å². The van der Waals surface area contributed by atoms with E-state index in [-0.39, 0.29) is 17.9 Å². The van der Waals surface area contributed by atoms with Gasteiger partial charge in [0.15, 0.2) is 16.7 Å². The van der Waals surface area contributed by atoms with E-state index in [4.69, 9.17) is 9.47 Å². The highest BCUT2D eigenvalue weighted by Gasteiger charge is 2.34. The number of rotatable bonds is 4. The second-order valence-electron chi connectivity index (χ2n) is 5.61. The summed E-state index contributed by atoms with van der Waals surface area (Å²) in [5.41, 5.74) is 0.854. The molecule has 0 aliphatic carbocycles. The van der Waals surface area contributed by atoms with E-state index >= 15 is 0 Å². The van der Waals surface area contributed by atoms with Crippen molar-refractivity contribution in [2.75, 3.05) is 25.8 Å². The normalized spacial score (nSPS) is 16.2. The van der Waals surface area contributed by atoms with E-state index in [1.807, 2.05) is 18.4 Å². The van der Waals surface area contributed by atoms with E-state index in [1.165, 1.54) is 11.8 Å². The second kappa shape index (κ2) is 6.79. The molecule has 132 valence electrons. The molecule has 1 aromatic heterocycles. The SMILES string of the molecule is COc1cccc([C@H]2CC(=O)Nc3c2c(=O)nc(SC)n3C)c1OC. The fourth-order valence-electron chi connectivity index (χ4n) is 3.17. The molecule has 1 aliphatic heterocycles. The third-order valence-corrected chi connectivity index (χ3v) is 5.02. The monoisotopic (exact) mass is 361 g/mol. The highest BCUT2D eigenvalue weighted by Crippen LogP contribution is 2.42. The largest absolute Gasteiger partial charge is 0.493 e. The molecule has 1 amide bonds. The van der Waals surface area contributed by atoms with E-state index in [9.17, 15) is 9.59 Å². The van der Waals surface area contributed by atoms with Crippen LogP contribution in [-0.2, 0) is 11.8 Å². The number of thioether (sulfide) groups is 1. The van der Waals surface area contributed by atoms with Crippen molar-refractivity contribution < 1.29 is 14.3 Å². The standard InChI is InChI=1S/C17H19N3O4S/c1-20-15-13(16(22)19-17(20)25-4)10(8-12(21)18-15)9-6-5-7-11(23-2)14(9)24-3/h5-7,10H,8H2,1-4H3,(H,18,21)/t10-/m1/s1. The number of carbonyl (C=O) groups excluding carboxylic acids is 1. The molecule has 0 saturated carbocycles. The molecule has 7 nitrogen and oxygen atoms in total. The molecule has 2 aromatic rings. The summed E-state index contributed by atoms with van der Waals surface area (Å²) in [7, 11) is 4.87. The number of hydrogen-bond acceptors (Lipinski definition) is 6. The summed E-state index contributed by atoms with van der Waals surface area (Å²) in [6, 6.07) is 5.44. The Morgan fingerprint density at radius 2 is 2.04 bits per heavy atom. The number of para-hydroxylation sites is 1. The van der Waals surface area contributed by atoms with Crippen molar-refractivity contribution in [2.24, 2.45) is 7.05 Å². The van der Waals surface area contributed by atoms with E-state index in [1.54, 1.807) is 31.9 Å². The van der Waals surface area contributed by atoms with Crippen LogP contribution < -0.4 is 20.3 Å². The summed E-state index contributed by atoms with van der Waals surface area (Å²) in [6.45, 7) is 0. The van der Waals surface area contributed by atoms with Crippen LogP contribution in [0.25, 0.3) is 0 Å². The third-order valence-electron chi connectivity index (χ3n) is 4.29. The van der Waals surface area contributed by atoms with Crippen LogP contribution in [0.3, 0.4) is 0 Å². The van der Waals surface area contributed by atoms with Gasteiger partial charge in [-0.2, -0.15) is 4.98 Å². The van der Waals surface area contributed by atoms with Crippen LogP contribution in [0, 0.1) is 0 Å². The Bertz CT molecular complexity index is 894. The van der Waals surface area contributed by atoms with Crippen LogP contribution in [0.2, 0.25) is 0 Å². The zero-order valence-electron chi connectivity index (χ0n) is 14.5. The zero-order chi connectivity index (χ0) is 18.1. The minimum Gasteiger partial charge on any atom is -0.493 e. The minimum atomic E-state index is -0.448. The second-order valence-corrected chi connectivity index (χ2v) is 6.39. The van der Waals surface area contributed by atoms with Gasteiger partial charge in [-0.3, -0.25) is 9.59 Å². The van der Waals surface area contributed by atoms with Crippen molar-refractivity contribution in [1.82, 2.24) is 9.55 Å². The van der Waals surface area contributed by atoms with Gasteiger partial charge in [0, 0.05) is 24.9 Å². The minimum absolute atomic E-state index is 0.145. The van der Waals surface area contributed by atoms with Gasteiger partial charge in [0.25, 0.3) is 5.56 Å². The molecule has 0 unspecified atom stereocenters. The summed E-state index contributed by atoms with van der Waals surface area (Å²) in [5, 5.41) is 3.35. The average Bonchev–Trinajstić information content (AvgIpc) is 2.62. The van der Waals surface area contributed by atoms with E-state index < -0.39 is 5.92 Å². The summed E-state index contributed by atoms with van der Waals surface area (Å²) < 4.78 is 12.6. The van der Waals surface area contributed by atoms with Crippen molar-refractivity contribution in [3.8, 4) is 11.5 Å². The molecule has 1 atom stereocenters. The average molecular weight is 361 g/mol. The molecule has 0 fully saturated rings. The number of nitrogens with zero attached hydrogens (tertiary/aromatic N) is 2. The molecule has 0 bridgehead atoms. The highest BCUT2D eigenvalue weighted by molar-refractivity contribution is 7.98. The first-order valence-corrected chi connectivity index (χ1v) is 8.89. The highest BCUT2D eigenvalue weighted by atomic mass is 32.2. The van der Waals surface area contributed by atoms with Gasteiger partial charge in [0.2, 0.25) is 5.91 Å². The molecular weight excluding hydrogens is 342 g/mol. The van der Waals surface area contributed by atoms with Crippen molar-refractivity contribution in [3.63, 3.8) is 0 Å². The molecule has 0 saturated heterocycles. The molecule has 1 aliphatic rings. The van der Waals surface area contributed by atoms with E-state index in [0.29, 0.717) is 28.0 Å². The zero-order valence-corrected chi connectivity index (χ0v) is 15.3. The summed E-state index contributed by atoms with van der Waals surface area (Å²) >= 11 is 1.35. The topological polar surface area (TPSA) is 82.5 Å². The fraction of sp³-hybridized carbons (Fsp3) is 0.353. The molecule has 1 N–H and O–H groups in total. The van der Waals surface area contributed by atoms with Crippen LogP contribution in [0.5, 0.6) is 11.5 Å². The number of methoxy groups -OCH3 is 2. The quantitative estimate of drug-likeness (QED) is 0.662. The van der Waals surface area contributed by atoms with Gasteiger partial charge in [-0.05, 0) is 12.3 Å². The number of carbonyl (C=O) groups is 1. The number of aromatic nitrogens is 2. The maximum absolute atomic E-state index is 12.7. The number of nitrogens with one attached hydrogen (secondary N) is 1. The first kappa shape index (κ1) is 17.3. The lowest BCUT2D eigenvalue weighted by molar-refractivity contribution is -0.116. The number of benzene rings is 1. The number of fused-ring (bicyclic) bond motifs is 1. The fourth-order valence-corrected chi connectivity index (χ4v) is 3.71. The number of anilines is 1. The van der Waals surface area contributed by atoms with Gasteiger partial charge < -0.3 is 19.4 Å². The predicted molar refractivity (Wildman–Crippen MR) is 95.9 cm³/mol. The third kappa shape index (κ3) is 2.86. The van der Waals surface area contributed by atoms with Crippen molar-refractivity contribution >= 4 is 23.5 Å². The van der Waals surface area contributed by atoms with Crippen LogP contribution in [0.1, 0.15) is 23.5 Å². The summed E-state index contributed by atoms with van der Waals surface area (Å²) in [4.78, 5) is 29.1. The van der Waals surface area contributed by atoms with Gasteiger partial charge in [-0.25, -0.2) is 0 Å². The van der Waals surface area contributed by atoms with E-state index in [0.717, 1.165) is 5.56 Å². The number of amides is 1. The summed E-state index contributed by atoms with van der Waals surface area (Å²) in [5.74, 6) is 0.951. The maximum atomic E-state index is 12.7. The first-order chi connectivity index (χ1) is 12.0. The van der Waals surface area contributed by atoms with Crippen LogP contribution in [-0.4, -0.2) is 35.9 Å². The molecule has 2 heterocycles. The maximum Gasteiger partial charge on any atom is 0.279 e. The lowest BCUT2D eigenvalue weighted by Crippen LogP contribution is -2.33. The molecule has 0 spiro atoms. The molecule has 3 rings (SSSR count). The van der Waals surface area contributed by atoms with Crippen molar-refractivity contribution in [1.29, 1.82) is 0 Å². The predicted octanol–water partition coefficient (Wildman–Crippen LogP) is 1.99.